The number of H-pyrrole nitrogens is 1. The van der Waals surface area contributed by atoms with Crippen molar-refractivity contribution in [1.82, 2.24) is 9.88 Å². The SMILES string of the molecule is O=C(CCCN1CCC(c2c[nH]c3ccc(Cl)cc23)CC1)N1CCCc2ccccc21. The Hall–Kier alpha value is -2.30. The standard InChI is InChI=1S/C26H30ClN3O/c27-21-9-10-24-22(17-21)23(18-28-24)19-11-15-29(16-12-19)13-4-8-26(31)30-14-3-6-20-5-1-2-7-25(20)30/h1-2,5,7,9-10,17-19,28H,3-4,6,8,11-16H2. The van der Waals surface area contributed by atoms with E-state index >= 15 is 0 Å². The molecule has 1 fully saturated rings. The van der Waals surface area contributed by atoms with E-state index in [0.717, 1.165) is 69.0 Å². The van der Waals surface area contributed by atoms with Crippen molar-refractivity contribution in [2.45, 2.75) is 44.4 Å². The molecule has 4 nitrogen and oxygen atoms in total. The summed E-state index contributed by atoms with van der Waals surface area (Å²) in [6.45, 7) is 4.06. The summed E-state index contributed by atoms with van der Waals surface area (Å²) in [5.74, 6) is 0.854. The number of anilines is 1. The number of fused-ring (bicyclic) bond motifs is 2. The Bertz CT molecular complexity index is 1070. The van der Waals surface area contributed by atoms with Crippen LogP contribution in [-0.4, -0.2) is 42.0 Å². The number of amides is 1. The Labute approximate surface area is 189 Å². The van der Waals surface area contributed by atoms with Crippen molar-refractivity contribution >= 4 is 34.1 Å². The monoisotopic (exact) mass is 435 g/mol. The Kier molecular flexibility index (Phi) is 6.02. The van der Waals surface area contributed by atoms with Gasteiger partial charge in [0.2, 0.25) is 5.91 Å². The minimum atomic E-state index is 0.276. The number of carbonyl (C=O) groups is 1. The van der Waals surface area contributed by atoms with E-state index in [2.05, 4.69) is 46.4 Å². The molecule has 3 aromatic rings. The zero-order valence-corrected chi connectivity index (χ0v) is 18.7. The number of aromatic amines is 1. The molecule has 1 saturated heterocycles. The van der Waals surface area contributed by atoms with Crippen LogP contribution in [0.2, 0.25) is 5.02 Å². The van der Waals surface area contributed by atoms with E-state index in [4.69, 9.17) is 11.6 Å². The van der Waals surface area contributed by atoms with Gasteiger partial charge in [0.1, 0.15) is 0 Å². The average molecular weight is 436 g/mol. The number of likely N-dealkylation sites (tertiary alicyclic amines) is 1. The third-order valence-electron chi connectivity index (χ3n) is 6.98. The Morgan fingerprint density at radius 3 is 2.81 bits per heavy atom. The van der Waals surface area contributed by atoms with E-state index in [9.17, 15) is 4.79 Å². The lowest BCUT2D eigenvalue weighted by Crippen LogP contribution is -2.37. The molecule has 2 aliphatic heterocycles. The van der Waals surface area contributed by atoms with Crippen LogP contribution in [0.4, 0.5) is 5.69 Å². The molecule has 1 amide bonds. The zero-order valence-electron chi connectivity index (χ0n) is 17.9. The summed E-state index contributed by atoms with van der Waals surface area (Å²) in [4.78, 5) is 20.8. The highest BCUT2D eigenvalue weighted by Crippen LogP contribution is 2.34. The largest absolute Gasteiger partial charge is 0.361 e. The van der Waals surface area contributed by atoms with Gasteiger partial charge in [-0.15, -0.1) is 0 Å². The van der Waals surface area contributed by atoms with Gasteiger partial charge in [0.15, 0.2) is 0 Å². The molecule has 0 spiro atoms. The van der Waals surface area contributed by atoms with Gasteiger partial charge < -0.3 is 14.8 Å². The van der Waals surface area contributed by atoms with E-state index in [0.29, 0.717) is 12.3 Å². The second kappa shape index (κ2) is 9.05. The maximum atomic E-state index is 12.9. The van der Waals surface area contributed by atoms with Crippen molar-refractivity contribution in [3.05, 3.63) is 64.8 Å². The van der Waals surface area contributed by atoms with Crippen LogP contribution in [0.1, 0.15) is 49.1 Å². The van der Waals surface area contributed by atoms with Gasteiger partial charge in [-0.3, -0.25) is 4.79 Å². The van der Waals surface area contributed by atoms with Crippen LogP contribution in [0, 0.1) is 0 Å². The molecule has 1 aromatic heterocycles. The first kappa shape index (κ1) is 20.6. The normalized spacial score (nSPS) is 17.8. The van der Waals surface area contributed by atoms with Gasteiger partial charge in [-0.05, 0) is 93.0 Å². The van der Waals surface area contributed by atoms with Gasteiger partial charge in [0.05, 0.1) is 0 Å². The summed E-state index contributed by atoms with van der Waals surface area (Å²) in [7, 11) is 0. The average Bonchev–Trinajstić information content (AvgIpc) is 3.22. The number of halogens is 1. The Balaban J connectivity index is 1.12. The highest BCUT2D eigenvalue weighted by Gasteiger charge is 2.24. The molecule has 0 aliphatic carbocycles. The fourth-order valence-electron chi connectivity index (χ4n) is 5.30. The summed E-state index contributed by atoms with van der Waals surface area (Å²) in [5.41, 5.74) is 5.00. The topological polar surface area (TPSA) is 39.3 Å². The number of aryl methyl sites for hydroxylation is 1. The van der Waals surface area contributed by atoms with E-state index in [1.807, 2.05) is 17.0 Å². The number of hydrogen-bond acceptors (Lipinski definition) is 2. The van der Waals surface area contributed by atoms with Gasteiger partial charge in [0, 0.05) is 40.8 Å². The molecule has 1 N–H and O–H groups in total. The molecular formula is C26H30ClN3O. The molecule has 162 valence electrons. The summed E-state index contributed by atoms with van der Waals surface area (Å²) in [6, 6.07) is 14.4. The number of piperidine rings is 1. The summed E-state index contributed by atoms with van der Waals surface area (Å²) >= 11 is 6.22. The highest BCUT2D eigenvalue weighted by atomic mass is 35.5. The Morgan fingerprint density at radius 1 is 1.10 bits per heavy atom. The predicted octanol–water partition coefficient (Wildman–Crippen LogP) is 5.76. The number of hydrogen-bond donors (Lipinski definition) is 1. The van der Waals surface area contributed by atoms with E-state index in [1.165, 1.54) is 22.0 Å². The molecule has 0 bridgehead atoms. The minimum Gasteiger partial charge on any atom is -0.361 e. The van der Waals surface area contributed by atoms with Crippen LogP contribution >= 0.6 is 11.6 Å². The highest BCUT2D eigenvalue weighted by molar-refractivity contribution is 6.31. The lowest BCUT2D eigenvalue weighted by molar-refractivity contribution is -0.118. The summed E-state index contributed by atoms with van der Waals surface area (Å²) < 4.78 is 0. The molecule has 0 unspecified atom stereocenters. The van der Waals surface area contributed by atoms with Crippen molar-refractivity contribution in [1.29, 1.82) is 0 Å². The number of rotatable bonds is 5. The van der Waals surface area contributed by atoms with E-state index in [-0.39, 0.29) is 5.91 Å². The lowest BCUT2D eigenvalue weighted by atomic mass is 9.89. The van der Waals surface area contributed by atoms with E-state index in [1.54, 1.807) is 0 Å². The first-order chi connectivity index (χ1) is 15.2. The second-order valence-electron chi connectivity index (χ2n) is 8.93. The van der Waals surface area contributed by atoms with Gasteiger partial charge in [0.25, 0.3) is 0 Å². The van der Waals surface area contributed by atoms with Gasteiger partial charge in [-0.25, -0.2) is 0 Å². The zero-order chi connectivity index (χ0) is 21.2. The number of carbonyl (C=O) groups excluding carboxylic acids is 1. The molecular weight excluding hydrogens is 406 g/mol. The molecule has 2 aromatic carbocycles. The Morgan fingerprint density at radius 2 is 1.94 bits per heavy atom. The van der Waals surface area contributed by atoms with Crippen LogP contribution in [0.25, 0.3) is 10.9 Å². The molecule has 5 heteroatoms. The van der Waals surface area contributed by atoms with Crippen LogP contribution in [-0.2, 0) is 11.2 Å². The quantitative estimate of drug-likeness (QED) is 0.553. The molecule has 2 aliphatic rings. The van der Waals surface area contributed by atoms with Gasteiger partial charge in [-0.2, -0.15) is 0 Å². The fourth-order valence-corrected chi connectivity index (χ4v) is 5.47. The maximum Gasteiger partial charge on any atom is 0.227 e. The molecule has 0 radical (unpaired) electrons. The third-order valence-corrected chi connectivity index (χ3v) is 7.21. The number of benzene rings is 2. The van der Waals surface area contributed by atoms with E-state index < -0.39 is 0 Å². The molecule has 0 atom stereocenters. The molecule has 3 heterocycles. The van der Waals surface area contributed by atoms with Gasteiger partial charge >= 0.3 is 0 Å². The van der Waals surface area contributed by atoms with Crippen LogP contribution in [0.5, 0.6) is 0 Å². The smallest absolute Gasteiger partial charge is 0.227 e. The minimum absolute atomic E-state index is 0.276. The predicted molar refractivity (Wildman–Crippen MR) is 128 cm³/mol. The number of nitrogens with one attached hydrogen (secondary N) is 1. The lowest BCUT2D eigenvalue weighted by Gasteiger charge is -2.32. The molecule has 31 heavy (non-hydrogen) atoms. The van der Waals surface area contributed by atoms with Crippen molar-refractivity contribution in [2.75, 3.05) is 31.1 Å². The van der Waals surface area contributed by atoms with Crippen LogP contribution in [0.3, 0.4) is 0 Å². The molecule has 5 rings (SSSR count). The number of nitrogens with zero attached hydrogens (tertiary/aromatic N) is 2. The van der Waals surface area contributed by atoms with Gasteiger partial charge in [-0.1, -0.05) is 29.8 Å². The van der Waals surface area contributed by atoms with Crippen molar-refractivity contribution < 1.29 is 4.79 Å². The third kappa shape index (κ3) is 4.37. The summed E-state index contributed by atoms with van der Waals surface area (Å²) in [5, 5.41) is 2.06. The van der Waals surface area contributed by atoms with Crippen LogP contribution in [0.15, 0.2) is 48.7 Å². The van der Waals surface area contributed by atoms with Crippen molar-refractivity contribution in [3.8, 4) is 0 Å². The fraction of sp³-hybridized carbons (Fsp3) is 0.423. The summed E-state index contributed by atoms with van der Waals surface area (Å²) in [6.07, 6.45) is 8.20. The van der Waals surface area contributed by atoms with Crippen molar-refractivity contribution in [2.24, 2.45) is 0 Å². The maximum absolute atomic E-state index is 12.9. The second-order valence-corrected chi connectivity index (χ2v) is 9.37. The van der Waals surface area contributed by atoms with Crippen LogP contribution < -0.4 is 4.90 Å². The van der Waals surface area contributed by atoms with Crippen molar-refractivity contribution in [3.63, 3.8) is 0 Å². The molecule has 0 saturated carbocycles. The number of aromatic nitrogens is 1. The first-order valence-electron chi connectivity index (χ1n) is 11.6. The first-order valence-corrected chi connectivity index (χ1v) is 11.9. The number of para-hydroxylation sites is 1.